The Morgan fingerprint density at radius 1 is 1.06 bits per heavy atom. The zero-order valence-corrected chi connectivity index (χ0v) is 18.6. The van der Waals surface area contributed by atoms with Crippen molar-refractivity contribution in [3.63, 3.8) is 0 Å². The van der Waals surface area contributed by atoms with Crippen molar-refractivity contribution < 1.29 is 18.4 Å². The molecule has 0 fully saturated rings. The van der Waals surface area contributed by atoms with Gasteiger partial charge in [-0.05, 0) is 24.3 Å². The molecule has 168 valence electrons. The number of benzene rings is 3. The maximum absolute atomic E-state index is 13.1. The van der Waals surface area contributed by atoms with Crippen LogP contribution in [0.2, 0.25) is 5.02 Å². The molecule has 0 radical (unpaired) electrons. The predicted octanol–water partition coefficient (Wildman–Crippen LogP) is 5.66. The molecular formula is C21H16ClN5O5S. The maximum Gasteiger partial charge on any atom is 0.270 e. The molecule has 1 aromatic heterocycles. The topological polar surface area (TPSA) is 139 Å². The monoisotopic (exact) mass is 485 g/mol. The fourth-order valence-electron chi connectivity index (χ4n) is 3.22. The smallest absolute Gasteiger partial charge is 0.270 e. The quantitative estimate of drug-likeness (QED) is 0.206. The van der Waals surface area contributed by atoms with E-state index in [4.69, 9.17) is 11.6 Å². The van der Waals surface area contributed by atoms with E-state index in [0.29, 0.717) is 10.9 Å². The zero-order valence-electron chi connectivity index (χ0n) is 17.0. The van der Waals surface area contributed by atoms with Gasteiger partial charge in [0, 0.05) is 24.6 Å². The summed E-state index contributed by atoms with van der Waals surface area (Å²) < 4.78 is 30.0. The number of azo groups is 1. The number of nitrogens with one attached hydrogen (secondary N) is 1. The van der Waals surface area contributed by atoms with Gasteiger partial charge in [0.25, 0.3) is 15.7 Å². The Labute approximate surface area is 193 Å². The summed E-state index contributed by atoms with van der Waals surface area (Å²) in [6, 6.07) is 16.4. The third-order valence-electron chi connectivity index (χ3n) is 4.87. The normalized spacial score (nSPS) is 11.8. The number of aromatic nitrogens is 1. The summed E-state index contributed by atoms with van der Waals surface area (Å²) in [5.41, 5.74) is 0.323. The van der Waals surface area contributed by atoms with Crippen molar-refractivity contribution in [1.82, 2.24) is 4.57 Å². The minimum Gasteiger partial charge on any atom is -0.493 e. The fraction of sp³-hybridized carbons (Fsp3) is 0.0476. The van der Waals surface area contributed by atoms with Crippen LogP contribution in [0.15, 0.2) is 81.9 Å². The predicted molar refractivity (Wildman–Crippen MR) is 124 cm³/mol. The number of fused-ring (bicyclic) bond motifs is 1. The number of nitro groups is 1. The molecule has 0 aliphatic rings. The molecule has 0 saturated carbocycles. The van der Waals surface area contributed by atoms with Crippen LogP contribution in [0, 0.1) is 10.1 Å². The molecule has 0 spiro atoms. The third kappa shape index (κ3) is 4.23. The Morgan fingerprint density at radius 3 is 2.48 bits per heavy atom. The number of aromatic hydroxyl groups is 1. The molecular weight excluding hydrogens is 470 g/mol. The largest absolute Gasteiger partial charge is 0.493 e. The molecule has 4 rings (SSSR count). The van der Waals surface area contributed by atoms with Gasteiger partial charge in [-0.3, -0.25) is 14.8 Å². The van der Waals surface area contributed by atoms with E-state index in [9.17, 15) is 23.6 Å². The van der Waals surface area contributed by atoms with Gasteiger partial charge in [0.1, 0.15) is 10.6 Å². The highest BCUT2D eigenvalue weighted by molar-refractivity contribution is 7.92. The van der Waals surface area contributed by atoms with Gasteiger partial charge in [-0.1, -0.05) is 41.9 Å². The fourth-order valence-corrected chi connectivity index (χ4v) is 4.70. The van der Waals surface area contributed by atoms with E-state index in [1.807, 2.05) is 0 Å². The summed E-state index contributed by atoms with van der Waals surface area (Å²) in [5.74, 6) is -0.166. The van der Waals surface area contributed by atoms with E-state index in [1.165, 1.54) is 22.8 Å². The number of nitro benzene ring substituents is 1. The lowest BCUT2D eigenvalue weighted by atomic mass is 10.2. The van der Waals surface area contributed by atoms with Crippen molar-refractivity contribution in [2.75, 3.05) is 4.72 Å². The first-order valence-corrected chi connectivity index (χ1v) is 11.3. The van der Waals surface area contributed by atoms with Crippen LogP contribution in [-0.4, -0.2) is 23.0 Å². The molecule has 10 nitrogen and oxygen atoms in total. The van der Waals surface area contributed by atoms with Gasteiger partial charge >= 0.3 is 0 Å². The second kappa shape index (κ2) is 8.52. The van der Waals surface area contributed by atoms with Crippen molar-refractivity contribution in [2.24, 2.45) is 17.3 Å². The van der Waals surface area contributed by atoms with Crippen LogP contribution in [0.5, 0.6) is 5.88 Å². The van der Waals surface area contributed by atoms with E-state index in [2.05, 4.69) is 15.0 Å². The number of non-ortho nitro benzene ring substituents is 1. The average Bonchev–Trinajstić information content (AvgIpc) is 3.03. The number of sulfonamides is 1. The van der Waals surface area contributed by atoms with Crippen molar-refractivity contribution in [3.8, 4) is 5.88 Å². The van der Waals surface area contributed by atoms with Crippen LogP contribution in [0.1, 0.15) is 0 Å². The van der Waals surface area contributed by atoms with Crippen LogP contribution in [0.3, 0.4) is 0 Å². The van der Waals surface area contributed by atoms with E-state index in [1.54, 1.807) is 43.4 Å². The number of halogens is 1. The molecule has 0 bridgehead atoms. The van der Waals surface area contributed by atoms with E-state index >= 15 is 0 Å². The third-order valence-corrected chi connectivity index (χ3v) is 6.59. The number of rotatable bonds is 6. The van der Waals surface area contributed by atoms with Gasteiger partial charge < -0.3 is 9.67 Å². The molecule has 0 amide bonds. The van der Waals surface area contributed by atoms with Crippen LogP contribution >= 0.6 is 11.6 Å². The van der Waals surface area contributed by atoms with Crippen LogP contribution < -0.4 is 4.72 Å². The molecule has 12 heteroatoms. The Morgan fingerprint density at radius 2 is 1.76 bits per heavy atom. The van der Waals surface area contributed by atoms with E-state index in [0.717, 1.165) is 12.1 Å². The number of nitrogens with zero attached hydrogens (tertiary/aromatic N) is 4. The number of hydrogen-bond donors (Lipinski definition) is 2. The van der Waals surface area contributed by atoms with Gasteiger partial charge in [-0.2, -0.15) is 0 Å². The average molecular weight is 486 g/mol. The van der Waals surface area contributed by atoms with Crippen LogP contribution in [0.4, 0.5) is 22.7 Å². The number of aryl methyl sites for hydroxylation is 1. The van der Waals surface area contributed by atoms with Gasteiger partial charge in [-0.25, -0.2) is 8.42 Å². The molecule has 0 aliphatic heterocycles. The van der Waals surface area contributed by atoms with Crippen molar-refractivity contribution in [1.29, 1.82) is 0 Å². The van der Waals surface area contributed by atoms with E-state index < -0.39 is 25.5 Å². The molecule has 0 unspecified atom stereocenters. The number of para-hydroxylation sites is 2. The molecule has 4 aromatic rings. The Kier molecular flexibility index (Phi) is 5.75. The van der Waals surface area contributed by atoms with Crippen molar-refractivity contribution >= 4 is 55.3 Å². The first-order chi connectivity index (χ1) is 15.7. The van der Waals surface area contributed by atoms with Gasteiger partial charge in [0.15, 0.2) is 5.69 Å². The highest BCUT2D eigenvalue weighted by Gasteiger charge is 2.24. The second-order valence-electron chi connectivity index (χ2n) is 6.94. The molecule has 1 heterocycles. The summed E-state index contributed by atoms with van der Waals surface area (Å²) >= 11 is 6.05. The first kappa shape index (κ1) is 22.2. The highest BCUT2D eigenvalue weighted by atomic mass is 35.5. The van der Waals surface area contributed by atoms with Gasteiger partial charge in [0.05, 0.1) is 21.2 Å². The molecule has 3 aromatic carbocycles. The van der Waals surface area contributed by atoms with Gasteiger partial charge in [-0.15, -0.1) is 10.2 Å². The maximum atomic E-state index is 13.1. The lowest BCUT2D eigenvalue weighted by Crippen LogP contribution is -2.13. The van der Waals surface area contributed by atoms with E-state index in [-0.39, 0.29) is 28.0 Å². The minimum absolute atomic E-state index is 0.0975. The summed E-state index contributed by atoms with van der Waals surface area (Å²) in [6.45, 7) is 0. The lowest BCUT2D eigenvalue weighted by Gasteiger charge is -2.11. The molecule has 0 saturated heterocycles. The second-order valence-corrected chi connectivity index (χ2v) is 9.00. The van der Waals surface area contributed by atoms with Crippen LogP contribution in [-0.2, 0) is 17.1 Å². The Bertz CT molecular complexity index is 1530. The zero-order chi connectivity index (χ0) is 23.8. The summed E-state index contributed by atoms with van der Waals surface area (Å²) in [7, 11) is -2.69. The lowest BCUT2D eigenvalue weighted by molar-refractivity contribution is -0.385. The molecule has 33 heavy (non-hydrogen) atoms. The minimum atomic E-state index is -4.33. The molecule has 0 aliphatic carbocycles. The Balaban J connectivity index is 1.83. The van der Waals surface area contributed by atoms with Crippen molar-refractivity contribution in [2.45, 2.75) is 4.90 Å². The molecule has 2 N–H and O–H groups in total. The van der Waals surface area contributed by atoms with Crippen LogP contribution in [0.25, 0.3) is 10.9 Å². The number of anilines is 1. The summed E-state index contributed by atoms with van der Waals surface area (Å²) in [5, 5.41) is 30.5. The Hall–Kier alpha value is -3.96. The van der Waals surface area contributed by atoms with Crippen molar-refractivity contribution in [3.05, 3.63) is 81.9 Å². The van der Waals surface area contributed by atoms with Gasteiger partial charge in [0.2, 0.25) is 5.88 Å². The molecule has 0 atom stereocenters. The standard InChI is InChI=1S/C21H16ClN5O5S/c1-26-18-9-5-2-6-14(18)20(21(26)28)24-23-17-11-10-13(27(29)30)12-19(17)33(31,32)25-16-8-4-3-7-15(16)22/h2-12,25,28H,1H3. The SMILES string of the molecule is Cn1c(O)c(N=Nc2ccc([N+](=O)[O-])cc2S(=O)(=O)Nc2ccccc2Cl)c2ccccc21. The summed E-state index contributed by atoms with van der Waals surface area (Å²) in [6.07, 6.45) is 0. The summed E-state index contributed by atoms with van der Waals surface area (Å²) in [4.78, 5) is 10.1. The number of hydrogen-bond acceptors (Lipinski definition) is 7. The first-order valence-electron chi connectivity index (χ1n) is 9.43. The highest BCUT2D eigenvalue weighted by Crippen LogP contribution is 2.39.